The largest absolute Gasteiger partial charge is 0.375 e. The zero-order chi connectivity index (χ0) is 10.8. The molecule has 3 nitrogen and oxygen atoms in total. The van der Waals surface area contributed by atoms with Gasteiger partial charge in [0.05, 0.1) is 22.1 Å². The Morgan fingerprint density at radius 3 is 2.93 bits per heavy atom. The molecule has 2 heterocycles. The number of aryl methyl sites for hydroxylation is 1. The average molecular weight is 244 g/mol. The molecule has 5 heteroatoms. The molecule has 1 saturated heterocycles. The monoisotopic (exact) mass is 244 g/mol. The van der Waals surface area contributed by atoms with Crippen LogP contribution in [0.5, 0.6) is 0 Å². The van der Waals surface area contributed by atoms with Gasteiger partial charge in [-0.25, -0.2) is 4.98 Å². The lowest BCUT2D eigenvalue weighted by atomic mass is 10.2. The maximum absolute atomic E-state index is 5.76. The Balaban J connectivity index is 1.85. The minimum absolute atomic E-state index is 0.410. The van der Waals surface area contributed by atoms with Gasteiger partial charge >= 0.3 is 0 Å². The molecule has 1 aliphatic heterocycles. The Morgan fingerprint density at radius 1 is 1.60 bits per heavy atom. The van der Waals surface area contributed by atoms with E-state index in [1.165, 1.54) is 17.1 Å². The van der Waals surface area contributed by atoms with Crippen molar-refractivity contribution in [2.75, 3.05) is 11.5 Å². The summed E-state index contributed by atoms with van der Waals surface area (Å²) >= 11 is 3.39. The van der Waals surface area contributed by atoms with Crippen molar-refractivity contribution >= 4 is 28.2 Å². The second-order valence-corrected chi connectivity index (χ2v) is 6.20. The lowest BCUT2D eigenvalue weighted by Crippen LogP contribution is -2.10. The van der Waals surface area contributed by atoms with Gasteiger partial charge in [0.25, 0.3) is 0 Å². The maximum atomic E-state index is 5.76. The first-order chi connectivity index (χ1) is 7.15. The van der Waals surface area contributed by atoms with Crippen LogP contribution in [0.4, 0.5) is 5.13 Å². The smallest absolute Gasteiger partial charge is 0.181 e. The summed E-state index contributed by atoms with van der Waals surface area (Å²) in [6, 6.07) is 0. The van der Waals surface area contributed by atoms with Gasteiger partial charge in [-0.05, 0) is 26.7 Å². The van der Waals surface area contributed by atoms with Gasteiger partial charge in [-0.15, -0.1) is 11.8 Å². The van der Waals surface area contributed by atoms with E-state index in [1.807, 2.05) is 18.7 Å². The van der Waals surface area contributed by atoms with Crippen molar-refractivity contribution in [3.05, 3.63) is 5.69 Å². The lowest BCUT2D eigenvalue weighted by molar-refractivity contribution is 0.0700. The Kier molecular flexibility index (Phi) is 3.53. The predicted octanol–water partition coefficient (Wildman–Crippen LogP) is 2.69. The molecule has 0 bridgehead atoms. The quantitative estimate of drug-likeness (QED) is 0.831. The lowest BCUT2D eigenvalue weighted by Gasteiger charge is -2.09. The minimum Gasteiger partial charge on any atom is -0.375 e. The molecule has 1 aromatic heterocycles. The van der Waals surface area contributed by atoms with Crippen molar-refractivity contribution in [3.8, 4) is 0 Å². The third kappa shape index (κ3) is 2.86. The number of nitrogens with two attached hydrogens (primary N) is 1. The van der Waals surface area contributed by atoms with Crippen LogP contribution in [0.3, 0.4) is 0 Å². The summed E-state index contributed by atoms with van der Waals surface area (Å²) in [4.78, 5) is 4.21. The Bertz CT molecular complexity index is 340. The molecule has 1 fully saturated rings. The molecule has 0 aliphatic carbocycles. The number of thioether (sulfide) groups is 1. The topological polar surface area (TPSA) is 48.1 Å². The van der Waals surface area contributed by atoms with Crippen molar-refractivity contribution in [2.45, 2.75) is 43.1 Å². The number of nitrogen functional groups attached to an aromatic ring is 1. The van der Waals surface area contributed by atoms with Gasteiger partial charge in [-0.1, -0.05) is 11.3 Å². The number of aromatic nitrogens is 1. The van der Waals surface area contributed by atoms with Gasteiger partial charge < -0.3 is 10.5 Å². The molecule has 0 spiro atoms. The first-order valence-corrected chi connectivity index (χ1v) is 6.96. The van der Waals surface area contributed by atoms with Crippen LogP contribution < -0.4 is 5.73 Å². The molecule has 2 N–H and O–H groups in total. The van der Waals surface area contributed by atoms with Crippen molar-refractivity contribution in [1.82, 2.24) is 4.98 Å². The molecule has 2 rings (SSSR count). The summed E-state index contributed by atoms with van der Waals surface area (Å²) in [5.74, 6) is 1.02. The van der Waals surface area contributed by atoms with Crippen LogP contribution in [0.25, 0.3) is 0 Å². The fourth-order valence-electron chi connectivity index (χ4n) is 1.71. The van der Waals surface area contributed by atoms with E-state index < -0.39 is 0 Å². The molecular weight excluding hydrogens is 228 g/mol. The normalized spacial score (nSPS) is 26.0. The molecule has 0 aromatic carbocycles. The summed E-state index contributed by atoms with van der Waals surface area (Å²) < 4.78 is 6.99. The predicted molar refractivity (Wildman–Crippen MR) is 65.6 cm³/mol. The highest BCUT2D eigenvalue weighted by molar-refractivity contribution is 8.01. The zero-order valence-electron chi connectivity index (χ0n) is 9.03. The number of hydrogen-bond acceptors (Lipinski definition) is 5. The molecule has 84 valence electrons. The fourth-order valence-corrected chi connectivity index (χ4v) is 3.81. The molecular formula is C10H16N2OS2. The second-order valence-electron chi connectivity index (χ2n) is 3.88. The van der Waals surface area contributed by atoms with Gasteiger partial charge in [-0.3, -0.25) is 0 Å². The molecule has 15 heavy (non-hydrogen) atoms. The summed E-state index contributed by atoms with van der Waals surface area (Å²) in [5, 5.41) is 0.663. The van der Waals surface area contributed by atoms with Crippen molar-refractivity contribution in [1.29, 1.82) is 0 Å². The van der Waals surface area contributed by atoms with Crippen LogP contribution in [0.1, 0.15) is 25.5 Å². The molecule has 0 amide bonds. The summed E-state index contributed by atoms with van der Waals surface area (Å²) in [6.07, 6.45) is 3.22. The van der Waals surface area contributed by atoms with E-state index in [0.717, 1.165) is 11.4 Å². The molecule has 0 saturated carbocycles. The Hall–Kier alpha value is -0.260. The number of anilines is 1. The highest BCUT2D eigenvalue weighted by Gasteiger charge is 2.22. The van der Waals surface area contributed by atoms with Crippen LogP contribution in [0.15, 0.2) is 4.21 Å². The van der Waals surface area contributed by atoms with E-state index in [9.17, 15) is 0 Å². The summed E-state index contributed by atoms with van der Waals surface area (Å²) in [6.45, 7) is 4.15. The molecule has 1 aromatic rings. The first kappa shape index (κ1) is 11.2. The average Bonchev–Trinajstić information content (AvgIpc) is 2.70. The van der Waals surface area contributed by atoms with E-state index in [1.54, 1.807) is 11.3 Å². The molecule has 2 unspecified atom stereocenters. The van der Waals surface area contributed by atoms with Crippen LogP contribution >= 0.6 is 23.1 Å². The van der Waals surface area contributed by atoms with E-state index in [2.05, 4.69) is 11.9 Å². The van der Waals surface area contributed by atoms with E-state index in [4.69, 9.17) is 10.5 Å². The number of nitrogens with zero attached hydrogens (tertiary/aromatic N) is 1. The van der Waals surface area contributed by atoms with E-state index >= 15 is 0 Å². The third-order valence-electron chi connectivity index (χ3n) is 2.49. The molecule has 2 atom stereocenters. The van der Waals surface area contributed by atoms with Crippen molar-refractivity contribution in [2.24, 2.45) is 0 Å². The van der Waals surface area contributed by atoms with Crippen LogP contribution in [0, 0.1) is 6.92 Å². The van der Waals surface area contributed by atoms with Crippen LogP contribution in [-0.2, 0) is 4.74 Å². The maximum Gasteiger partial charge on any atom is 0.181 e. The zero-order valence-corrected chi connectivity index (χ0v) is 10.7. The van der Waals surface area contributed by atoms with E-state index in [0.29, 0.717) is 17.3 Å². The number of hydrogen-bond donors (Lipinski definition) is 1. The molecule has 0 radical (unpaired) electrons. The fraction of sp³-hybridized carbons (Fsp3) is 0.700. The summed E-state index contributed by atoms with van der Waals surface area (Å²) in [5.41, 5.74) is 6.70. The number of thiazole rings is 1. The number of ether oxygens (including phenoxy) is 1. The van der Waals surface area contributed by atoms with Crippen molar-refractivity contribution in [3.63, 3.8) is 0 Å². The van der Waals surface area contributed by atoms with E-state index in [-0.39, 0.29) is 0 Å². The minimum atomic E-state index is 0.410. The second kappa shape index (κ2) is 4.72. The Labute approximate surface area is 98.4 Å². The Morgan fingerprint density at radius 2 is 2.40 bits per heavy atom. The van der Waals surface area contributed by atoms with Gasteiger partial charge in [-0.2, -0.15) is 0 Å². The van der Waals surface area contributed by atoms with Gasteiger partial charge in [0, 0.05) is 5.75 Å². The van der Waals surface area contributed by atoms with Gasteiger partial charge in [0.1, 0.15) is 0 Å². The SMILES string of the molecule is Cc1nc(N)sc1SCC1CCC(C)O1. The van der Waals surface area contributed by atoms with Crippen LogP contribution in [-0.4, -0.2) is 22.9 Å². The summed E-state index contributed by atoms with van der Waals surface area (Å²) in [7, 11) is 0. The van der Waals surface area contributed by atoms with Gasteiger partial charge in [0.2, 0.25) is 0 Å². The molecule has 1 aliphatic rings. The third-order valence-corrected chi connectivity index (χ3v) is 4.97. The van der Waals surface area contributed by atoms with Crippen molar-refractivity contribution < 1.29 is 4.74 Å². The number of rotatable bonds is 3. The first-order valence-electron chi connectivity index (χ1n) is 5.16. The van der Waals surface area contributed by atoms with Crippen LogP contribution in [0.2, 0.25) is 0 Å². The highest BCUT2D eigenvalue weighted by Crippen LogP contribution is 2.33. The highest BCUT2D eigenvalue weighted by atomic mass is 32.2. The van der Waals surface area contributed by atoms with Gasteiger partial charge in [0.15, 0.2) is 5.13 Å². The standard InChI is InChI=1S/C10H16N2OS2/c1-6-3-4-8(13-6)5-14-9-7(2)12-10(11)15-9/h6,8H,3-5H2,1-2H3,(H2,11,12).